The molecule has 0 bridgehead atoms. The van der Waals surface area contributed by atoms with Crippen LogP contribution in [0.15, 0.2) is 27.1 Å². The van der Waals surface area contributed by atoms with Crippen LogP contribution in [0.25, 0.3) is 11.4 Å². The average molecular weight is 408 g/mol. The Hall–Kier alpha value is -0.390. The van der Waals surface area contributed by atoms with Gasteiger partial charge in [-0.2, -0.15) is 0 Å². The van der Waals surface area contributed by atoms with Crippen LogP contribution in [0.3, 0.4) is 0 Å². The zero-order valence-electron chi connectivity index (χ0n) is 10.7. The van der Waals surface area contributed by atoms with E-state index in [1.54, 1.807) is 0 Å². The first-order valence-electron chi connectivity index (χ1n) is 5.96. The Morgan fingerprint density at radius 1 is 1.26 bits per heavy atom. The fraction of sp³-hybridized carbons (Fsp3) is 0.385. The van der Waals surface area contributed by atoms with Crippen molar-refractivity contribution in [2.24, 2.45) is 5.92 Å². The molecule has 6 heteroatoms. The zero-order valence-corrected chi connectivity index (χ0v) is 14.6. The van der Waals surface area contributed by atoms with Crippen molar-refractivity contribution in [2.75, 3.05) is 0 Å². The van der Waals surface area contributed by atoms with Crippen LogP contribution < -0.4 is 0 Å². The van der Waals surface area contributed by atoms with E-state index in [4.69, 9.17) is 11.6 Å². The van der Waals surface area contributed by atoms with Crippen molar-refractivity contribution in [3.63, 3.8) is 0 Å². The molecule has 1 heterocycles. The molecule has 1 aromatic carbocycles. The minimum atomic E-state index is 0.366. The van der Waals surface area contributed by atoms with Crippen molar-refractivity contribution in [3.8, 4) is 11.4 Å². The maximum Gasteiger partial charge on any atom is 0.165 e. The lowest BCUT2D eigenvalue weighted by molar-refractivity contribution is 0.515. The Morgan fingerprint density at radius 2 is 2.00 bits per heavy atom. The molecule has 19 heavy (non-hydrogen) atoms. The smallest absolute Gasteiger partial charge is 0.165 e. The van der Waals surface area contributed by atoms with Gasteiger partial charge in [0.2, 0.25) is 0 Å². The third-order valence-corrected chi connectivity index (χ3v) is 4.09. The highest BCUT2D eigenvalue weighted by Gasteiger charge is 2.16. The van der Waals surface area contributed by atoms with Gasteiger partial charge in [-0.25, -0.2) is 0 Å². The molecule has 1 aromatic heterocycles. The van der Waals surface area contributed by atoms with Crippen molar-refractivity contribution >= 4 is 43.5 Å². The number of halogens is 3. The van der Waals surface area contributed by atoms with E-state index in [1.807, 2.05) is 18.2 Å². The molecule has 0 aliphatic heterocycles. The van der Waals surface area contributed by atoms with Gasteiger partial charge in [0.05, 0.1) is 5.88 Å². The predicted octanol–water partition coefficient (Wildman–Crippen LogP) is 4.86. The number of hydrogen-bond acceptors (Lipinski definition) is 2. The Bertz CT molecular complexity index is 581. The van der Waals surface area contributed by atoms with E-state index in [-0.39, 0.29) is 0 Å². The molecule has 0 aliphatic carbocycles. The summed E-state index contributed by atoms with van der Waals surface area (Å²) >= 11 is 13.0. The SMILES string of the molecule is CC(C)Cn1c(CCl)nnc1-c1cc(Br)ccc1Br. The molecule has 0 spiro atoms. The summed E-state index contributed by atoms with van der Waals surface area (Å²) in [6, 6.07) is 6.01. The van der Waals surface area contributed by atoms with Crippen LogP contribution in [0.5, 0.6) is 0 Å². The molecule has 0 saturated heterocycles. The van der Waals surface area contributed by atoms with Gasteiger partial charge in [-0.05, 0) is 24.1 Å². The summed E-state index contributed by atoms with van der Waals surface area (Å²) < 4.78 is 4.09. The monoisotopic (exact) mass is 405 g/mol. The standard InChI is InChI=1S/C13H14Br2ClN3/c1-8(2)7-19-12(6-16)17-18-13(19)10-5-9(14)3-4-11(10)15/h3-5,8H,6-7H2,1-2H3. The number of alkyl halides is 1. The first-order chi connectivity index (χ1) is 9.02. The van der Waals surface area contributed by atoms with E-state index in [2.05, 4.69) is 60.5 Å². The first-order valence-corrected chi connectivity index (χ1v) is 8.08. The van der Waals surface area contributed by atoms with E-state index >= 15 is 0 Å². The quantitative estimate of drug-likeness (QED) is 0.678. The summed E-state index contributed by atoms with van der Waals surface area (Å²) in [5.41, 5.74) is 1.01. The molecule has 0 aliphatic rings. The third-order valence-electron chi connectivity index (χ3n) is 2.66. The van der Waals surface area contributed by atoms with Gasteiger partial charge >= 0.3 is 0 Å². The van der Waals surface area contributed by atoms with Crippen LogP contribution in [0.1, 0.15) is 19.7 Å². The molecule has 0 amide bonds. The second-order valence-corrected chi connectivity index (χ2v) is 6.74. The highest BCUT2D eigenvalue weighted by Crippen LogP contribution is 2.30. The van der Waals surface area contributed by atoms with Crippen LogP contribution >= 0.6 is 43.5 Å². The minimum absolute atomic E-state index is 0.366. The number of aromatic nitrogens is 3. The van der Waals surface area contributed by atoms with Gasteiger partial charge in [-0.3, -0.25) is 0 Å². The second kappa shape index (κ2) is 6.37. The van der Waals surface area contributed by atoms with Gasteiger partial charge in [0.25, 0.3) is 0 Å². The number of nitrogens with zero attached hydrogens (tertiary/aromatic N) is 3. The molecule has 0 radical (unpaired) electrons. The van der Waals surface area contributed by atoms with Gasteiger partial charge in [0, 0.05) is 21.1 Å². The molecule has 3 nitrogen and oxygen atoms in total. The van der Waals surface area contributed by atoms with Gasteiger partial charge in [-0.15, -0.1) is 21.8 Å². The minimum Gasteiger partial charge on any atom is -0.310 e. The highest BCUT2D eigenvalue weighted by molar-refractivity contribution is 9.11. The molecular weight excluding hydrogens is 393 g/mol. The van der Waals surface area contributed by atoms with Gasteiger partial charge in [-0.1, -0.05) is 45.7 Å². The lowest BCUT2D eigenvalue weighted by atomic mass is 10.2. The van der Waals surface area contributed by atoms with Gasteiger partial charge in [0.15, 0.2) is 5.82 Å². The first kappa shape index (κ1) is 15.0. The predicted molar refractivity (Wildman–Crippen MR) is 85.3 cm³/mol. The Labute approximate surface area is 134 Å². The average Bonchev–Trinajstić information content (AvgIpc) is 2.74. The Morgan fingerprint density at radius 3 is 2.63 bits per heavy atom. The van der Waals surface area contributed by atoms with Crippen molar-refractivity contribution in [1.82, 2.24) is 14.8 Å². The molecule has 102 valence electrons. The molecule has 0 N–H and O–H groups in total. The largest absolute Gasteiger partial charge is 0.310 e. The second-order valence-electron chi connectivity index (χ2n) is 4.70. The summed E-state index contributed by atoms with van der Waals surface area (Å²) in [6.07, 6.45) is 0. The van der Waals surface area contributed by atoms with E-state index in [0.717, 1.165) is 32.7 Å². The van der Waals surface area contributed by atoms with Crippen LogP contribution in [0, 0.1) is 5.92 Å². The van der Waals surface area contributed by atoms with Crippen molar-refractivity contribution in [2.45, 2.75) is 26.3 Å². The summed E-state index contributed by atoms with van der Waals surface area (Å²) in [5, 5.41) is 8.47. The number of rotatable bonds is 4. The normalized spacial score (nSPS) is 11.3. The van der Waals surface area contributed by atoms with Crippen molar-refractivity contribution in [1.29, 1.82) is 0 Å². The van der Waals surface area contributed by atoms with Crippen LogP contribution in [0.2, 0.25) is 0 Å². The van der Waals surface area contributed by atoms with Gasteiger partial charge < -0.3 is 4.57 Å². The molecule has 2 aromatic rings. The van der Waals surface area contributed by atoms with Crippen LogP contribution in [-0.4, -0.2) is 14.8 Å². The Kier molecular flexibility index (Phi) is 5.03. The molecule has 0 saturated carbocycles. The lowest BCUT2D eigenvalue weighted by Crippen LogP contribution is -2.09. The maximum absolute atomic E-state index is 5.94. The number of benzene rings is 1. The fourth-order valence-electron chi connectivity index (χ4n) is 1.86. The van der Waals surface area contributed by atoms with E-state index in [0.29, 0.717) is 11.8 Å². The van der Waals surface area contributed by atoms with Crippen molar-refractivity contribution in [3.05, 3.63) is 33.0 Å². The van der Waals surface area contributed by atoms with Gasteiger partial charge in [0.1, 0.15) is 5.82 Å². The van der Waals surface area contributed by atoms with Crippen LogP contribution in [-0.2, 0) is 12.4 Å². The number of hydrogen-bond donors (Lipinski definition) is 0. The topological polar surface area (TPSA) is 30.7 Å². The summed E-state index contributed by atoms with van der Waals surface area (Å²) in [5.74, 6) is 2.52. The van der Waals surface area contributed by atoms with E-state index < -0.39 is 0 Å². The summed E-state index contributed by atoms with van der Waals surface area (Å²) in [7, 11) is 0. The van der Waals surface area contributed by atoms with E-state index in [9.17, 15) is 0 Å². The molecule has 0 atom stereocenters. The molecule has 0 fully saturated rings. The fourth-order valence-corrected chi connectivity index (χ4v) is 2.84. The summed E-state index contributed by atoms with van der Waals surface area (Å²) in [4.78, 5) is 0. The third kappa shape index (κ3) is 3.38. The zero-order chi connectivity index (χ0) is 14.0. The lowest BCUT2D eigenvalue weighted by Gasteiger charge is -2.12. The van der Waals surface area contributed by atoms with Crippen molar-refractivity contribution < 1.29 is 0 Å². The molecular formula is C13H14Br2ClN3. The molecule has 2 rings (SSSR count). The van der Waals surface area contributed by atoms with E-state index in [1.165, 1.54) is 0 Å². The van der Waals surface area contributed by atoms with Crippen LogP contribution in [0.4, 0.5) is 0 Å². The highest BCUT2D eigenvalue weighted by atomic mass is 79.9. The Balaban J connectivity index is 2.55. The molecule has 0 unspecified atom stereocenters. The maximum atomic E-state index is 5.94. The summed E-state index contributed by atoms with van der Waals surface area (Å²) in [6.45, 7) is 5.18.